The molecule has 1 fully saturated rings. The first-order valence-corrected chi connectivity index (χ1v) is 6.99. The Balaban J connectivity index is 1.90. The summed E-state index contributed by atoms with van der Waals surface area (Å²) >= 11 is 0. The van der Waals surface area contributed by atoms with Crippen LogP contribution in [-0.2, 0) is 4.74 Å². The lowest BCUT2D eigenvalue weighted by Crippen LogP contribution is -2.26. The molecule has 4 heteroatoms. The van der Waals surface area contributed by atoms with Crippen molar-refractivity contribution in [2.75, 3.05) is 31.7 Å². The van der Waals surface area contributed by atoms with Crippen molar-refractivity contribution in [3.8, 4) is 0 Å². The minimum absolute atomic E-state index is 0.242. The molecular weight excluding hydrogens is 255 g/mol. The molecule has 1 aliphatic rings. The number of benzene rings is 1. The maximum atomic E-state index is 13.4. The number of halogens is 1. The van der Waals surface area contributed by atoms with Crippen LogP contribution in [-0.4, -0.2) is 31.8 Å². The first kappa shape index (κ1) is 13.3. The van der Waals surface area contributed by atoms with E-state index in [0.717, 1.165) is 48.5 Å². The molecule has 1 aliphatic heterocycles. The first-order chi connectivity index (χ1) is 9.63. The molecule has 1 aromatic heterocycles. The maximum Gasteiger partial charge on any atom is 0.129 e. The first-order valence-electron chi connectivity index (χ1n) is 6.99. The average Bonchev–Trinajstić information content (AvgIpc) is 2.90. The van der Waals surface area contributed by atoms with Gasteiger partial charge < -0.3 is 9.64 Å². The Kier molecular flexibility index (Phi) is 3.57. The maximum absolute atomic E-state index is 13.4. The minimum atomic E-state index is -0.242. The molecule has 0 spiro atoms. The van der Waals surface area contributed by atoms with E-state index in [2.05, 4.69) is 16.0 Å². The summed E-state index contributed by atoms with van der Waals surface area (Å²) in [4.78, 5) is 6.72. The molecule has 1 aromatic carbocycles. The number of ether oxygens (including phenoxy) is 1. The van der Waals surface area contributed by atoms with E-state index in [-0.39, 0.29) is 5.82 Å². The van der Waals surface area contributed by atoms with Gasteiger partial charge in [0, 0.05) is 37.6 Å². The molecule has 3 rings (SSSR count). The summed E-state index contributed by atoms with van der Waals surface area (Å²) in [7, 11) is 2.03. The molecule has 0 aliphatic carbocycles. The van der Waals surface area contributed by atoms with E-state index in [1.807, 2.05) is 14.0 Å². The van der Waals surface area contributed by atoms with Crippen molar-refractivity contribution in [3.05, 3.63) is 35.6 Å². The molecule has 3 nitrogen and oxygen atoms in total. The number of anilines is 1. The molecule has 0 saturated carbocycles. The van der Waals surface area contributed by atoms with E-state index in [9.17, 15) is 4.39 Å². The van der Waals surface area contributed by atoms with Crippen LogP contribution in [0.1, 0.15) is 12.0 Å². The van der Waals surface area contributed by atoms with Gasteiger partial charge in [0.05, 0.1) is 12.1 Å². The smallest absolute Gasteiger partial charge is 0.129 e. The molecule has 0 radical (unpaired) electrons. The Hall–Kier alpha value is -1.68. The number of fused-ring (bicyclic) bond motifs is 1. The summed E-state index contributed by atoms with van der Waals surface area (Å²) < 4.78 is 18.8. The average molecular weight is 274 g/mol. The van der Waals surface area contributed by atoms with E-state index in [1.54, 1.807) is 6.07 Å². The molecule has 1 unspecified atom stereocenters. The molecule has 0 N–H and O–H groups in total. The van der Waals surface area contributed by atoms with Gasteiger partial charge in [-0.25, -0.2) is 9.37 Å². The van der Waals surface area contributed by atoms with Crippen LogP contribution in [0.3, 0.4) is 0 Å². The summed E-state index contributed by atoms with van der Waals surface area (Å²) in [6, 6.07) is 6.84. The fourth-order valence-electron chi connectivity index (χ4n) is 2.76. The van der Waals surface area contributed by atoms with Crippen molar-refractivity contribution in [3.63, 3.8) is 0 Å². The van der Waals surface area contributed by atoms with Gasteiger partial charge in [0.1, 0.15) is 11.6 Å². The monoisotopic (exact) mass is 274 g/mol. The molecule has 1 atom stereocenters. The lowest BCUT2D eigenvalue weighted by Gasteiger charge is -2.22. The van der Waals surface area contributed by atoms with Gasteiger partial charge in [-0.15, -0.1) is 0 Å². The number of rotatable bonds is 3. The van der Waals surface area contributed by atoms with Crippen LogP contribution in [0.15, 0.2) is 24.3 Å². The number of aryl methyl sites for hydroxylation is 1. The van der Waals surface area contributed by atoms with E-state index >= 15 is 0 Å². The standard InChI is InChI=1S/C16H19FN2O/c1-11-7-16(19(2)9-12-5-6-20-10-12)18-15-8-13(17)3-4-14(11)15/h3-4,7-8,12H,5-6,9-10H2,1-2H3. The van der Waals surface area contributed by atoms with Gasteiger partial charge in [0.2, 0.25) is 0 Å². The molecule has 2 heterocycles. The second-order valence-electron chi connectivity index (χ2n) is 5.57. The molecule has 1 saturated heterocycles. The van der Waals surface area contributed by atoms with Crippen LogP contribution in [0, 0.1) is 18.7 Å². The van der Waals surface area contributed by atoms with E-state index < -0.39 is 0 Å². The predicted molar refractivity (Wildman–Crippen MR) is 78.6 cm³/mol. The van der Waals surface area contributed by atoms with E-state index in [1.165, 1.54) is 12.1 Å². The highest BCUT2D eigenvalue weighted by Crippen LogP contribution is 2.24. The van der Waals surface area contributed by atoms with Crippen molar-refractivity contribution in [1.29, 1.82) is 0 Å². The van der Waals surface area contributed by atoms with Gasteiger partial charge in [-0.3, -0.25) is 0 Å². The van der Waals surface area contributed by atoms with E-state index in [0.29, 0.717) is 5.92 Å². The molecule has 106 valence electrons. The van der Waals surface area contributed by atoms with E-state index in [4.69, 9.17) is 4.74 Å². The SMILES string of the molecule is Cc1cc(N(C)CC2CCOC2)nc2cc(F)ccc12. The Morgan fingerprint density at radius 2 is 2.25 bits per heavy atom. The Morgan fingerprint density at radius 3 is 3.00 bits per heavy atom. The van der Waals surface area contributed by atoms with Crippen LogP contribution in [0.4, 0.5) is 10.2 Å². The zero-order valence-corrected chi connectivity index (χ0v) is 11.9. The third-order valence-corrected chi connectivity index (χ3v) is 3.91. The van der Waals surface area contributed by atoms with Crippen molar-refractivity contribution < 1.29 is 9.13 Å². The Bertz CT molecular complexity index is 623. The Labute approximate surface area is 118 Å². The van der Waals surface area contributed by atoms with Gasteiger partial charge >= 0.3 is 0 Å². The van der Waals surface area contributed by atoms with Crippen LogP contribution in [0.5, 0.6) is 0 Å². The highest BCUT2D eigenvalue weighted by atomic mass is 19.1. The third kappa shape index (κ3) is 2.61. The highest BCUT2D eigenvalue weighted by molar-refractivity contribution is 5.83. The van der Waals surface area contributed by atoms with Gasteiger partial charge in [-0.05, 0) is 37.1 Å². The van der Waals surface area contributed by atoms with Crippen molar-refractivity contribution in [2.24, 2.45) is 5.92 Å². The topological polar surface area (TPSA) is 25.4 Å². The quantitative estimate of drug-likeness (QED) is 0.859. The van der Waals surface area contributed by atoms with Gasteiger partial charge in [0.25, 0.3) is 0 Å². The number of hydrogen-bond acceptors (Lipinski definition) is 3. The van der Waals surface area contributed by atoms with Gasteiger partial charge in [-0.2, -0.15) is 0 Å². The lowest BCUT2D eigenvalue weighted by atomic mass is 10.1. The number of nitrogens with zero attached hydrogens (tertiary/aromatic N) is 2. The molecule has 2 aromatic rings. The fourth-order valence-corrected chi connectivity index (χ4v) is 2.76. The van der Waals surface area contributed by atoms with Crippen LogP contribution < -0.4 is 4.90 Å². The largest absolute Gasteiger partial charge is 0.381 e. The zero-order chi connectivity index (χ0) is 14.1. The van der Waals surface area contributed by atoms with Gasteiger partial charge in [-0.1, -0.05) is 0 Å². The zero-order valence-electron chi connectivity index (χ0n) is 11.9. The molecule has 0 amide bonds. The Morgan fingerprint density at radius 1 is 1.40 bits per heavy atom. The second kappa shape index (κ2) is 5.37. The fraction of sp³-hybridized carbons (Fsp3) is 0.438. The predicted octanol–water partition coefficient (Wildman–Crippen LogP) is 3.16. The summed E-state index contributed by atoms with van der Waals surface area (Å²) in [5.74, 6) is 1.21. The summed E-state index contributed by atoms with van der Waals surface area (Å²) in [5, 5.41) is 1.01. The third-order valence-electron chi connectivity index (χ3n) is 3.91. The number of hydrogen-bond donors (Lipinski definition) is 0. The van der Waals surface area contributed by atoms with Gasteiger partial charge in [0.15, 0.2) is 0 Å². The number of pyridine rings is 1. The highest BCUT2D eigenvalue weighted by Gasteiger charge is 2.18. The lowest BCUT2D eigenvalue weighted by molar-refractivity contribution is 0.186. The van der Waals surface area contributed by atoms with Crippen molar-refractivity contribution in [1.82, 2.24) is 4.98 Å². The van der Waals surface area contributed by atoms with Crippen molar-refractivity contribution >= 4 is 16.7 Å². The normalized spacial score (nSPS) is 18.6. The van der Waals surface area contributed by atoms with Crippen molar-refractivity contribution in [2.45, 2.75) is 13.3 Å². The molecular formula is C16H19FN2O. The summed E-state index contributed by atoms with van der Waals surface area (Å²) in [6.45, 7) is 4.64. The van der Waals surface area contributed by atoms with Crippen LogP contribution in [0.2, 0.25) is 0 Å². The minimum Gasteiger partial charge on any atom is -0.381 e. The molecule has 0 bridgehead atoms. The summed E-state index contributed by atoms with van der Waals surface area (Å²) in [5.41, 5.74) is 1.84. The number of aromatic nitrogens is 1. The molecule has 20 heavy (non-hydrogen) atoms. The summed E-state index contributed by atoms with van der Waals surface area (Å²) in [6.07, 6.45) is 1.10. The van der Waals surface area contributed by atoms with Crippen LogP contribution >= 0.6 is 0 Å². The van der Waals surface area contributed by atoms with Crippen LogP contribution in [0.25, 0.3) is 10.9 Å². The second-order valence-corrected chi connectivity index (χ2v) is 5.57.